The van der Waals surface area contributed by atoms with Gasteiger partial charge in [0.2, 0.25) is 0 Å². The molecule has 0 fully saturated rings. The third-order valence-corrected chi connectivity index (χ3v) is 5.49. The summed E-state index contributed by atoms with van der Waals surface area (Å²) in [5.74, 6) is -0.987. The van der Waals surface area contributed by atoms with Crippen molar-refractivity contribution in [3.05, 3.63) is 83.4 Å². The predicted molar refractivity (Wildman–Crippen MR) is 110 cm³/mol. The number of benzene rings is 2. The molecule has 2 aromatic heterocycles. The van der Waals surface area contributed by atoms with Crippen molar-refractivity contribution in [2.75, 3.05) is 11.4 Å². The summed E-state index contributed by atoms with van der Waals surface area (Å²) in [6.07, 6.45) is -2.06. The number of aromatic nitrogens is 3. The normalized spacial score (nSPS) is 13.9. The van der Waals surface area contributed by atoms with E-state index in [2.05, 4.69) is 10.1 Å². The molecular formula is C23H16F4N4O. The molecule has 0 spiro atoms. The number of rotatable bonds is 2. The van der Waals surface area contributed by atoms with Crippen LogP contribution >= 0.6 is 0 Å². The van der Waals surface area contributed by atoms with E-state index in [0.717, 1.165) is 48.5 Å². The van der Waals surface area contributed by atoms with Crippen LogP contribution in [0.15, 0.2) is 60.8 Å². The van der Waals surface area contributed by atoms with E-state index >= 15 is 0 Å². The molecule has 0 atom stereocenters. The summed E-state index contributed by atoms with van der Waals surface area (Å²) in [7, 11) is 0. The van der Waals surface area contributed by atoms with Crippen LogP contribution in [0.4, 0.5) is 23.2 Å². The molecule has 3 heterocycles. The number of halogens is 4. The van der Waals surface area contributed by atoms with Crippen LogP contribution in [0.5, 0.6) is 0 Å². The van der Waals surface area contributed by atoms with Gasteiger partial charge in [-0.2, -0.15) is 18.3 Å². The third-order valence-electron chi connectivity index (χ3n) is 5.49. The van der Waals surface area contributed by atoms with Crippen LogP contribution in [-0.4, -0.2) is 27.0 Å². The number of aryl methyl sites for hydroxylation is 1. The van der Waals surface area contributed by atoms with Crippen molar-refractivity contribution in [3.8, 4) is 11.3 Å². The molecule has 4 aromatic rings. The van der Waals surface area contributed by atoms with Crippen LogP contribution in [0.25, 0.3) is 16.9 Å². The fourth-order valence-electron chi connectivity index (χ4n) is 3.97. The lowest BCUT2D eigenvalue weighted by Crippen LogP contribution is -2.35. The first-order valence-corrected chi connectivity index (χ1v) is 9.94. The number of nitrogens with zero attached hydrogens (tertiary/aromatic N) is 4. The molecule has 0 aliphatic carbocycles. The fourth-order valence-corrected chi connectivity index (χ4v) is 3.97. The number of fused-ring (bicyclic) bond motifs is 2. The average Bonchev–Trinajstić information content (AvgIpc) is 3.21. The summed E-state index contributed by atoms with van der Waals surface area (Å²) in [6, 6.07) is 13.2. The van der Waals surface area contributed by atoms with Crippen LogP contribution < -0.4 is 4.90 Å². The molecule has 9 heteroatoms. The van der Waals surface area contributed by atoms with Crippen molar-refractivity contribution >= 4 is 17.2 Å². The molecule has 0 saturated carbocycles. The van der Waals surface area contributed by atoms with Gasteiger partial charge < -0.3 is 4.90 Å². The first-order chi connectivity index (χ1) is 15.3. The van der Waals surface area contributed by atoms with Gasteiger partial charge in [-0.05, 0) is 54.8 Å². The van der Waals surface area contributed by atoms with Gasteiger partial charge in [0.25, 0.3) is 5.91 Å². The van der Waals surface area contributed by atoms with E-state index in [9.17, 15) is 22.4 Å². The molecule has 2 aromatic carbocycles. The van der Waals surface area contributed by atoms with E-state index in [0.29, 0.717) is 16.6 Å². The molecule has 0 saturated heterocycles. The summed E-state index contributed by atoms with van der Waals surface area (Å²) in [5, 5.41) is 3.83. The molecule has 0 N–H and O–H groups in total. The summed E-state index contributed by atoms with van der Waals surface area (Å²) >= 11 is 0. The number of para-hydroxylation sites is 1. The summed E-state index contributed by atoms with van der Waals surface area (Å²) in [6.45, 7) is 0.441. The van der Waals surface area contributed by atoms with E-state index in [1.54, 1.807) is 4.90 Å². The van der Waals surface area contributed by atoms with E-state index in [1.807, 2.05) is 24.3 Å². The molecule has 5 nitrogen and oxygen atoms in total. The lowest BCUT2D eigenvalue weighted by Gasteiger charge is -2.29. The highest BCUT2D eigenvalue weighted by Crippen LogP contribution is 2.34. The van der Waals surface area contributed by atoms with Crippen LogP contribution in [0.2, 0.25) is 0 Å². The van der Waals surface area contributed by atoms with E-state index in [1.165, 1.54) is 12.1 Å². The Bertz CT molecular complexity index is 1330. The lowest BCUT2D eigenvalue weighted by molar-refractivity contribution is -0.142. The van der Waals surface area contributed by atoms with Gasteiger partial charge in [0.05, 0.1) is 11.9 Å². The van der Waals surface area contributed by atoms with Crippen molar-refractivity contribution in [2.45, 2.75) is 19.0 Å². The van der Waals surface area contributed by atoms with Gasteiger partial charge in [-0.25, -0.2) is 13.9 Å². The van der Waals surface area contributed by atoms with Crippen molar-refractivity contribution in [3.63, 3.8) is 0 Å². The molecule has 0 bridgehead atoms. The molecular weight excluding hydrogens is 424 g/mol. The Morgan fingerprint density at radius 3 is 2.53 bits per heavy atom. The SMILES string of the molecule is O=C(c1cnn2c(C(F)(F)F)cc(-c3ccc(F)cc3)nc12)N1CCCc2ccccc21. The highest BCUT2D eigenvalue weighted by Gasteiger charge is 2.36. The van der Waals surface area contributed by atoms with Gasteiger partial charge in [0.15, 0.2) is 11.3 Å². The molecule has 0 unspecified atom stereocenters. The fraction of sp³-hybridized carbons (Fsp3) is 0.174. The van der Waals surface area contributed by atoms with Gasteiger partial charge in [-0.15, -0.1) is 0 Å². The quantitative estimate of drug-likeness (QED) is 0.405. The Morgan fingerprint density at radius 2 is 1.78 bits per heavy atom. The van der Waals surface area contributed by atoms with Gasteiger partial charge in [0.1, 0.15) is 11.4 Å². The number of carbonyl (C=O) groups is 1. The Balaban J connectivity index is 1.67. The minimum Gasteiger partial charge on any atom is -0.308 e. The summed E-state index contributed by atoms with van der Waals surface area (Å²) in [5.41, 5.74) is 0.692. The van der Waals surface area contributed by atoms with Crippen molar-refractivity contribution in [1.82, 2.24) is 14.6 Å². The molecule has 0 radical (unpaired) electrons. The molecule has 162 valence electrons. The number of alkyl halides is 3. The zero-order valence-corrected chi connectivity index (χ0v) is 16.6. The number of carbonyl (C=O) groups excluding carboxylic acids is 1. The Morgan fingerprint density at radius 1 is 1.03 bits per heavy atom. The summed E-state index contributed by atoms with van der Waals surface area (Å²) in [4.78, 5) is 19.3. The lowest BCUT2D eigenvalue weighted by atomic mass is 10.0. The maximum absolute atomic E-state index is 13.8. The highest BCUT2D eigenvalue weighted by atomic mass is 19.4. The van der Waals surface area contributed by atoms with Gasteiger partial charge >= 0.3 is 6.18 Å². The smallest absolute Gasteiger partial charge is 0.308 e. The Hall–Kier alpha value is -3.75. The van der Waals surface area contributed by atoms with Crippen LogP contribution in [-0.2, 0) is 12.6 Å². The first-order valence-electron chi connectivity index (χ1n) is 9.94. The second kappa shape index (κ2) is 7.44. The molecule has 1 amide bonds. The largest absolute Gasteiger partial charge is 0.433 e. The Kier molecular flexibility index (Phi) is 4.69. The number of anilines is 1. The minimum absolute atomic E-state index is 0.0292. The highest BCUT2D eigenvalue weighted by molar-refractivity contribution is 6.10. The van der Waals surface area contributed by atoms with Crippen LogP contribution in [0.3, 0.4) is 0 Å². The van der Waals surface area contributed by atoms with Crippen molar-refractivity contribution in [1.29, 1.82) is 0 Å². The van der Waals surface area contributed by atoms with Gasteiger partial charge in [0, 0.05) is 17.8 Å². The van der Waals surface area contributed by atoms with E-state index in [-0.39, 0.29) is 16.9 Å². The number of hydrogen-bond donors (Lipinski definition) is 0. The molecule has 32 heavy (non-hydrogen) atoms. The second-order valence-electron chi connectivity index (χ2n) is 7.51. The van der Waals surface area contributed by atoms with Crippen LogP contribution in [0.1, 0.15) is 28.0 Å². The van der Waals surface area contributed by atoms with Crippen molar-refractivity contribution < 1.29 is 22.4 Å². The zero-order chi connectivity index (χ0) is 22.5. The maximum Gasteiger partial charge on any atom is 0.433 e. The van der Waals surface area contributed by atoms with Crippen LogP contribution in [0, 0.1) is 5.82 Å². The standard InChI is InChI=1S/C23H16F4N4O/c24-16-9-7-14(8-10-16)18-12-20(23(25,26)27)31-21(29-18)17(13-28-31)22(32)30-11-3-5-15-4-1-2-6-19(15)30/h1-2,4,6-10,12-13H,3,5,11H2. The number of amides is 1. The molecule has 1 aliphatic rings. The predicted octanol–water partition coefficient (Wildman–Crippen LogP) is 5.15. The van der Waals surface area contributed by atoms with E-state index in [4.69, 9.17) is 0 Å². The maximum atomic E-state index is 13.8. The van der Waals surface area contributed by atoms with Crippen molar-refractivity contribution in [2.24, 2.45) is 0 Å². The third kappa shape index (κ3) is 3.39. The number of hydrogen-bond acceptors (Lipinski definition) is 3. The topological polar surface area (TPSA) is 50.5 Å². The summed E-state index contributed by atoms with van der Waals surface area (Å²) < 4.78 is 55.3. The van der Waals surface area contributed by atoms with Gasteiger partial charge in [-0.1, -0.05) is 18.2 Å². The monoisotopic (exact) mass is 440 g/mol. The second-order valence-corrected chi connectivity index (χ2v) is 7.51. The first kappa shape index (κ1) is 20.2. The average molecular weight is 440 g/mol. The van der Waals surface area contributed by atoms with E-state index < -0.39 is 23.6 Å². The zero-order valence-electron chi connectivity index (χ0n) is 16.6. The molecule has 1 aliphatic heterocycles. The molecule has 5 rings (SSSR count). The Labute approximate surface area is 179 Å². The van der Waals surface area contributed by atoms with Gasteiger partial charge in [-0.3, -0.25) is 4.79 Å². The minimum atomic E-state index is -4.74.